The highest BCUT2D eigenvalue weighted by Crippen LogP contribution is 2.38. The standard InChI is InChI=1S/C13H17Cl/c1-13(2,3)10-6-4-9-5-7-12(14)11(9)8-10/h4,6,8,12H,5,7H2,1-3H3. The number of aryl methyl sites for hydroxylation is 1. The van der Waals surface area contributed by atoms with Crippen molar-refractivity contribution in [2.75, 3.05) is 0 Å². The van der Waals surface area contributed by atoms with Crippen LogP contribution in [0.4, 0.5) is 0 Å². The minimum absolute atomic E-state index is 0.230. The first-order chi connectivity index (χ1) is 6.48. The molecule has 0 aromatic heterocycles. The topological polar surface area (TPSA) is 0 Å². The number of halogens is 1. The van der Waals surface area contributed by atoms with E-state index < -0.39 is 0 Å². The Balaban J connectivity index is 2.45. The average molecular weight is 209 g/mol. The summed E-state index contributed by atoms with van der Waals surface area (Å²) in [4.78, 5) is 0. The van der Waals surface area contributed by atoms with Gasteiger partial charge in [-0.2, -0.15) is 0 Å². The molecule has 0 aliphatic heterocycles. The fourth-order valence-corrected chi connectivity index (χ4v) is 2.33. The molecule has 2 rings (SSSR count). The van der Waals surface area contributed by atoms with E-state index in [0.717, 1.165) is 12.8 Å². The predicted molar refractivity (Wildman–Crippen MR) is 62.1 cm³/mol. The molecule has 0 heterocycles. The van der Waals surface area contributed by atoms with Crippen LogP contribution in [0.15, 0.2) is 18.2 Å². The molecule has 1 atom stereocenters. The van der Waals surface area contributed by atoms with Crippen molar-refractivity contribution in [1.82, 2.24) is 0 Å². The van der Waals surface area contributed by atoms with E-state index in [2.05, 4.69) is 39.0 Å². The van der Waals surface area contributed by atoms with Gasteiger partial charge in [-0.1, -0.05) is 39.0 Å². The summed E-state index contributed by atoms with van der Waals surface area (Å²) >= 11 is 6.26. The van der Waals surface area contributed by atoms with Crippen molar-refractivity contribution in [2.45, 2.75) is 44.4 Å². The van der Waals surface area contributed by atoms with Crippen LogP contribution in [-0.2, 0) is 11.8 Å². The van der Waals surface area contributed by atoms with E-state index in [1.54, 1.807) is 0 Å². The largest absolute Gasteiger partial charge is 0.118 e. The van der Waals surface area contributed by atoms with E-state index in [1.165, 1.54) is 16.7 Å². The van der Waals surface area contributed by atoms with Crippen molar-refractivity contribution in [3.63, 3.8) is 0 Å². The molecule has 14 heavy (non-hydrogen) atoms. The van der Waals surface area contributed by atoms with Gasteiger partial charge < -0.3 is 0 Å². The van der Waals surface area contributed by atoms with Gasteiger partial charge in [0.15, 0.2) is 0 Å². The molecule has 1 aliphatic carbocycles. The van der Waals surface area contributed by atoms with Crippen LogP contribution in [0.5, 0.6) is 0 Å². The molecule has 1 aliphatic rings. The lowest BCUT2D eigenvalue weighted by Gasteiger charge is -2.20. The predicted octanol–water partition coefficient (Wildman–Crippen LogP) is 4.21. The van der Waals surface area contributed by atoms with Crippen LogP contribution < -0.4 is 0 Å². The van der Waals surface area contributed by atoms with Crippen LogP contribution in [0, 0.1) is 0 Å². The third kappa shape index (κ3) is 1.68. The molecule has 1 aromatic carbocycles. The van der Waals surface area contributed by atoms with Crippen molar-refractivity contribution in [3.8, 4) is 0 Å². The molecule has 0 radical (unpaired) electrons. The summed E-state index contributed by atoms with van der Waals surface area (Å²) < 4.78 is 0. The van der Waals surface area contributed by atoms with Crippen molar-refractivity contribution >= 4 is 11.6 Å². The molecule has 0 bridgehead atoms. The zero-order chi connectivity index (χ0) is 10.3. The number of hydrogen-bond acceptors (Lipinski definition) is 0. The smallest absolute Gasteiger partial charge is 0.0591 e. The molecular formula is C13H17Cl. The highest BCUT2D eigenvalue weighted by Gasteiger charge is 2.23. The summed E-state index contributed by atoms with van der Waals surface area (Å²) in [5.41, 5.74) is 4.43. The molecule has 0 fully saturated rings. The monoisotopic (exact) mass is 208 g/mol. The Kier molecular flexibility index (Phi) is 2.35. The summed E-state index contributed by atoms with van der Waals surface area (Å²) in [6, 6.07) is 6.78. The first kappa shape index (κ1) is 10.0. The fourth-order valence-electron chi connectivity index (χ4n) is 2.02. The van der Waals surface area contributed by atoms with Gasteiger partial charge in [0.1, 0.15) is 0 Å². The number of benzene rings is 1. The third-order valence-corrected chi connectivity index (χ3v) is 3.47. The van der Waals surface area contributed by atoms with Gasteiger partial charge in [0, 0.05) is 0 Å². The Morgan fingerprint density at radius 1 is 1.29 bits per heavy atom. The molecule has 0 saturated carbocycles. The Labute approximate surface area is 91.3 Å². The summed E-state index contributed by atoms with van der Waals surface area (Å²) in [5, 5.41) is 0.243. The van der Waals surface area contributed by atoms with E-state index >= 15 is 0 Å². The molecule has 0 N–H and O–H groups in total. The summed E-state index contributed by atoms with van der Waals surface area (Å²) in [5.74, 6) is 0. The lowest BCUT2D eigenvalue weighted by molar-refractivity contribution is 0.589. The van der Waals surface area contributed by atoms with E-state index in [4.69, 9.17) is 11.6 Å². The molecule has 0 spiro atoms. The number of rotatable bonds is 0. The number of fused-ring (bicyclic) bond motifs is 1. The molecule has 1 aromatic rings. The Bertz CT molecular complexity index is 347. The van der Waals surface area contributed by atoms with Crippen LogP contribution in [-0.4, -0.2) is 0 Å². The zero-order valence-electron chi connectivity index (χ0n) is 9.10. The normalized spacial score (nSPS) is 21.0. The highest BCUT2D eigenvalue weighted by molar-refractivity contribution is 6.21. The maximum Gasteiger partial charge on any atom is 0.0591 e. The Hall–Kier alpha value is -0.490. The SMILES string of the molecule is CC(C)(C)c1ccc2c(c1)C(Cl)CC2. The second kappa shape index (κ2) is 3.27. The molecule has 0 amide bonds. The van der Waals surface area contributed by atoms with Gasteiger partial charge in [0.25, 0.3) is 0 Å². The van der Waals surface area contributed by atoms with Gasteiger partial charge in [-0.15, -0.1) is 11.6 Å². The van der Waals surface area contributed by atoms with Crippen LogP contribution in [0.25, 0.3) is 0 Å². The third-order valence-electron chi connectivity index (χ3n) is 3.02. The second-order valence-corrected chi connectivity index (χ2v) is 5.70. The molecule has 0 saturated heterocycles. The van der Waals surface area contributed by atoms with Gasteiger partial charge in [-0.3, -0.25) is 0 Å². The molecule has 1 unspecified atom stereocenters. The van der Waals surface area contributed by atoms with Crippen LogP contribution in [0.3, 0.4) is 0 Å². The van der Waals surface area contributed by atoms with Crippen molar-refractivity contribution in [3.05, 3.63) is 34.9 Å². The van der Waals surface area contributed by atoms with E-state index in [9.17, 15) is 0 Å². The molecule has 1 heteroatoms. The number of alkyl halides is 1. The van der Waals surface area contributed by atoms with E-state index in [-0.39, 0.29) is 10.8 Å². The van der Waals surface area contributed by atoms with Gasteiger partial charge >= 0.3 is 0 Å². The summed E-state index contributed by atoms with van der Waals surface area (Å²) in [6.45, 7) is 6.73. The van der Waals surface area contributed by atoms with Crippen LogP contribution >= 0.6 is 11.6 Å². The lowest BCUT2D eigenvalue weighted by Crippen LogP contribution is -2.11. The highest BCUT2D eigenvalue weighted by atomic mass is 35.5. The molecular weight excluding hydrogens is 192 g/mol. The van der Waals surface area contributed by atoms with Crippen molar-refractivity contribution in [2.24, 2.45) is 0 Å². The van der Waals surface area contributed by atoms with Crippen LogP contribution in [0.2, 0.25) is 0 Å². The first-order valence-electron chi connectivity index (χ1n) is 5.26. The second-order valence-electron chi connectivity index (χ2n) is 5.17. The fraction of sp³-hybridized carbons (Fsp3) is 0.538. The minimum atomic E-state index is 0.230. The van der Waals surface area contributed by atoms with Gasteiger partial charge in [0.2, 0.25) is 0 Å². The Morgan fingerprint density at radius 2 is 2.00 bits per heavy atom. The summed E-state index contributed by atoms with van der Waals surface area (Å²) in [6.07, 6.45) is 2.25. The van der Waals surface area contributed by atoms with Gasteiger partial charge in [0.05, 0.1) is 5.38 Å². The maximum atomic E-state index is 6.26. The minimum Gasteiger partial charge on any atom is -0.118 e. The zero-order valence-corrected chi connectivity index (χ0v) is 9.86. The molecule has 76 valence electrons. The number of hydrogen-bond donors (Lipinski definition) is 0. The maximum absolute atomic E-state index is 6.26. The van der Waals surface area contributed by atoms with Gasteiger partial charge in [-0.25, -0.2) is 0 Å². The summed E-state index contributed by atoms with van der Waals surface area (Å²) in [7, 11) is 0. The average Bonchev–Trinajstić information content (AvgIpc) is 2.46. The van der Waals surface area contributed by atoms with E-state index in [1.807, 2.05) is 0 Å². The Morgan fingerprint density at radius 3 is 2.64 bits per heavy atom. The van der Waals surface area contributed by atoms with Crippen LogP contribution in [0.1, 0.15) is 49.3 Å². The molecule has 0 nitrogen and oxygen atoms in total. The van der Waals surface area contributed by atoms with E-state index in [0.29, 0.717) is 0 Å². The van der Waals surface area contributed by atoms with Crippen molar-refractivity contribution in [1.29, 1.82) is 0 Å². The van der Waals surface area contributed by atoms with Gasteiger partial charge in [-0.05, 0) is 34.9 Å². The first-order valence-corrected chi connectivity index (χ1v) is 5.69. The lowest BCUT2D eigenvalue weighted by atomic mass is 9.85. The van der Waals surface area contributed by atoms with Crippen molar-refractivity contribution < 1.29 is 0 Å². The quantitative estimate of drug-likeness (QED) is 0.561.